The molecule has 0 fully saturated rings. The Bertz CT molecular complexity index is 306. The summed E-state index contributed by atoms with van der Waals surface area (Å²) < 4.78 is 0. The summed E-state index contributed by atoms with van der Waals surface area (Å²) in [5.41, 5.74) is 2.96. The van der Waals surface area contributed by atoms with Crippen LogP contribution in [-0.2, 0) is 0 Å². The van der Waals surface area contributed by atoms with Gasteiger partial charge < -0.3 is 5.11 Å². The van der Waals surface area contributed by atoms with Crippen LogP contribution < -0.4 is 0 Å². The third-order valence-electron chi connectivity index (χ3n) is 2.03. The summed E-state index contributed by atoms with van der Waals surface area (Å²) in [6.07, 6.45) is 3.75. The summed E-state index contributed by atoms with van der Waals surface area (Å²) in [5.74, 6) is 0. The van der Waals surface area contributed by atoms with Crippen molar-refractivity contribution in [2.45, 2.75) is 12.5 Å². The van der Waals surface area contributed by atoms with Crippen molar-refractivity contribution in [2.24, 2.45) is 0 Å². The number of hydrogen-bond acceptors (Lipinski definition) is 2. The number of pyridine rings is 1. The highest BCUT2D eigenvalue weighted by atomic mass is 16.3. The number of aromatic nitrogens is 1. The average Bonchev–Trinajstić information content (AvgIpc) is 2.30. The summed E-state index contributed by atoms with van der Waals surface area (Å²) in [5, 5.41) is 9.46. The van der Waals surface area contributed by atoms with Gasteiger partial charge in [-0.2, -0.15) is 0 Å². The van der Waals surface area contributed by atoms with Gasteiger partial charge in [0.15, 0.2) is 0 Å². The van der Waals surface area contributed by atoms with Crippen LogP contribution in [0.4, 0.5) is 0 Å². The molecule has 2 heteroatoms. The molecule has 0 aromatic carbocycles. The van der Waals surface area contributed by atoms with Crippen LogP contribution in [0.25, 0.3) is 5.57 Å². The van der Waals surface area contributed by atoms with Crippen LogP contribution >= 0.6 is 0 Å². The van der Waals surface area contributed by atoms with E-state index in [1.165, 1.54) is 0 Å². The second kappa shape index (κ2) is 2.17. The van der Waals surface area contributed by atoms with Crippen molar-refractivity contribution in [1.82, 2.24) is 4.98 Å². The van der Waals surface area contributed by atoms with Crippen molar-refractivity contribution < 1.29 is 5.11 Å². The average molecular weight is 147 g/mol. The molecule has 2 nitrogen and oxygen atoms in total. The van der Waals surface area contributed by atoms with E-state index < -0.39 is 0 Å². The Morgan fingerprint density at radius 2 is 2.45 bits per heavy atom. The van der Waals surface area contributed by atoms with Crippen LogP contribution in [0.15, 0.2) is 25.0 Å². The first-order valence-corrected chi connectivity index (χ1v) is 3.59. The fourth-order valence-electron chi connectivity index (χ4n) is 1.44. The number of fused-ring (bicyclic) bond motifs is 1. The predicted molar refractivity (Wildman–Crippen MR) is 42.8 cm³/mol. The fraction of sp³-hybridized carbons (Fsp3) is 0.222. The molecule has 1 aromatic rings. The molecule has 0 saturated heterocycles. The predicted octanol–water partition coefficient (Wildman–Crippen LogP) is 1.53. The Kier molecular flexibility index (Phi) is 1.29. The van der Waals surface area contributed by atoms with E-state index >= 15 is 0 Å². The van der Waals surface area contributed by atoms with Gasteiger partial charge in [-0.3, -0.25) is 4.98 Å². The van der Waals surface area contributed by atoms with Crippen LogP contribution in [0, 0.1) is 0 Å². The first-order valence-electron chi connectivity index (χ1n) is 3.59. The van der Waals surface area contributed by atoms with Gasteiger partial charge in [0.25, 0.3) is 0 Å². The van der Waals surface area contributed by atoms with Gasteiger partial charge in [-0.1, -0.05) is 6.58 Å². The molecule has 11 heavy (non-hydrogen) atoms. The smallest absolute Gasteiger partial charge is 0.0837 e. The van der Waals surface area contributed by atoms with Crippen molar-refractivity contribution in [3.8, 4) is 0 Å². The van der Waals surface area contributed by atoms with Gasteiger partial charge in [0.05, 0.1) is 6.10 Å². The molecule has 0 aliphatic heterocycles. The van der Waals surface area contributed by atoms with E-state index in [1.54, 1.807) is 12.4 Å². The maximum Gasteiger partial charge on any atom is 0.0837 e. The topological polar surface area (TPSA) is 33.1 Å². The molecular formula is C9H9NO. The second-order valence-electron chi connectivity index (χ2n) is 2.79. The third kappa shape index (κ3) is 0.870. The Hall–Kier alpha value is -1.15. The quantitative estimate of drug-likeness (QED) is 0.603. The van der Waals surface area contributed by atoms with E-state index in [4.69, 9.17) is 0 Å². The number of aliphatic hydroxyl groups is 1. The SMILES string of the molecule is C=C1C[C@H](O)c2ccncc21. The lowest BCUT2D eigenvalue weighted by atomic mass is 10.1. The highest BCUT2D eigenvalue weighted by Crippen LogP contribution is 2.37. The van der Waals surface area contributed by atoms with Crippen molar-refractivity contribution in [3.63, 3.8) is 0 Å². The molecule has 1 aliphatic carbocycles. The van der Waals surface area contributed by atoms with Crippen molar-refractivity contribution in [2.75, 3.05) is 0 Å². The van der Waals surface area contributed by atoms with Crippen molar-refractivity contribution in [3.05, 3.63) is 36.2 Å². The van der Waals surface area contributed by atoms with E-state index in [9.17, 15) is 5.11 Å². The van der Waals surface area contributed by atoms with Crippen LogP contribution in [0.5, 0.6) is 0 Å². The number of nitrogens with zero attached hydrogens (tertiary/aromatic N) is 1. The van der Waals surface area contributed by atoms with Gasteiger partial charge in [-0.05, 0) is 17.2 Å². The van der Waals surface area contributed by atoms with Gasteiger partial charge in [-0.25, -0.2) is 0 Å². The molecule has 0 bridgehead atoms. The largest absolute Gasteiger partial charge is 0.388 e. The fourth-order valence-corrected chi connectivity index (χ4v) is 1.44. The minimum atomic E-state index is -0.361. The number of hydrogen-bond donors (Lipinski definition) is 1. The summed E-state index contributed by atoms with van der Waals surface area (Å²) in [4.78, 5) is 3.97. The third-order valence-corrected chi connectivity index (χ3v) is 2.03. The molecule has 0 spiro atoms. The minimum Gasteiger partial charge on any atom is -0.388 e. The number of rotatable bonds is 0. The van der Waals surface area contributed by atoms with E-state index in [0.29, 0.717) is 6.42 Å². The lowest BCUT2D eigenvalue weighted by molar-refractivity contribution is 0.190. The Morgan fingerprint density at radius 1 is 1.64 bits per heavy atom. The Balaban J connectivity index is 2.60. The number of aliphatic hydroxyl groups excluding tert-OH is 1. The maximum atomic E-state index is 9.46. The Morgan fingerprint density at radius 3 is 3.18 bits per heavy atom. The maximum absolute atomic E-state index is 9.46. The van der Waals surface area contributed by atoms with Crippen LogP contribution in [0.2, 0.25) is 0 Å². The molecule has 1 aromatic heterocycles. The molecule has 1 heterocycles. The summed E-state index contributed by atoms with van der Waals surface area (Å²) >= 11 is 0. The van der Waals surface area contributed by atoms with Gasteiger partial charge in [0.1, 0.15) is 0 Å². The van der Waals surface area contributed by atoms with Gasteiger partial charge >= 0.3 is 0 Å². The van der Waals surface area contributed by atoms with Crippen molar-refractivity contribution >= 4 is 5.57 Å². The molecule has 0 unspecified atom stereocenters. The molecule has 2 rings (SSSR count). The summed E-state index contributed by atoms with van der Waals surface area (Å²) in [6.45, 7) is 3.85. The standard InChI is InChI=1S/C9H9NO/c1-6-4-9(11)7-2-3-10-5-8(6)7/h2-3,5,9,11H,1,4H2/t9-/m0/s1. The normalized spacial score (nSPS) is 21.9. The van der Waals surface area contributed by atoms with E-state index in [0.717, 1.165) is 16.7 Å². The van der Waals surface area contributed by atoms with Crippen LogP contribution in [0.1, 0.15) is 23.7 Å². The monoisotopic (exact) mass is 147 g/mol. The zero-order valence-electron chi connectivity index (χ0n) is 6.12. The second-order valence-corrected chi connectivity index (χ2v) is 2.79. The summed E-state index contributed by atoms with van der Waals surface area (Å²) in [7, 11) is 0. The first-order chi connectivity index (χ1) is 5.29. The summed E-state index contributed by atoms with van der Waals surface area (Å²) in [6, 6.07) is 1.85. The van der Waals surface area contributed by atoms with Crippen LogP contribution in [0.3, 0.4) is 0 Å². The molecule has 0 amide bonds. The molecule has 0 saturated carbocycles. The van der Waals surface area contributed by atoms with E-state index in [1.807, 2.05) is 6.07 Å². The van der Waals surface area contributed by atoms with Gasteiger partial charge in [0, 0.05) is 24.4 Å². The Labute approximate surface area is 65.2 Å². The minimum absolute atomic E-state index is 0.361. The van der Waals surface area contributed by atoms with E-state index in [-0.39, 0.29) is 6.10 Å². The molecular weight excluding hydrogens is 138 g/mol. The van der Waals surface area contributed by atoms with E-state index in [2.05, 4.69) is 11.6 Å². The van der Waals surface area contributed by atoms with Gasteiger partial charge in [0.2, 0.25) is 0 Å². The molecule has 1 aliphatic rings. The zero-order valence-corrected chi connectivity index (χ0v) is 6.12. The van der Waals surface area contributed by atoms with Crippen molar-refractivity contribution in [1.29, 1.82) is 0 Å². The molecule has 1 atom stereocenters. The molecule has 0 radical (unpaired) electrons. The zero-order chi connectivity index (χ0) is 7.84. The molecule has 56 valence electrons. The lowest BCUT2D eigenvalue weighted by Crippen LogP contribution is -1.89. The lowest BCUT2D eigenvalue weighted by Gasteiger charge is -1.99. The van der Waals surface area contributed by atoms with Crippen LogP contribution in [-0.4, -0.2) is 10.1 Å². The first kappa shape index (κ1) is 6.55. The highest BCUT2D eigenvalue weighted by molar-refractivity contribution is 5.70. The molecule has 1 N–H and O–H groups in total. The van der Waals surface area contributed by atoms with Gasteiger partial charge in [-0.15, -0.1) is 0 Å². The highest BCUT2D eigenvalue weighted by Gasteiger charge is 2.22.